The fraction of sp³-hybridized carbons (Fsp3) is 0.800. The highest BCUT2D eigenvalue weighted by Crippen LogP contribution is 2.60. The zero-order chi connectivity index (χ0) is 12.2. The van der Waals surface area contributed by atoms with Gasteiger partial charge >= 0.3 is 0 Å². The van der Waals surface area contributed by atoms with Crippen LogP contribution in [-0.2, 0) is 11.8 Å². The van der Waals surface area contributed by atoms with Crippen LogP contribution in [0.1, 0.15) is 50.0 Å². The Hall–Kier alpha value is -0.830. The van der Waals surface area contributed by atoms with Crippen LogP contribution in [0.3, 0.4) is 0 Å². The molecule has 0 aromatic carbocycles. The van der Waals surface area contributed by atoms with Crippen LogP contribution in [0.5, 0.6) is 0 Å². The molecule has 4 aliphatic carbocycles. The van der Waals surface area contributed by atoms with E-state index in [1.54, 1.807) is 0 Å². The number of rotatable bonds is 3. The minimum atomic E-state index is 0.366. The molecule has 0 spiro atoms. The van der Waals surface area contributed by atoms with E-state index < -0.39 is 0 Å². The summed E-state index contributed by atoms with van der Waals surface area (Å²) in [5.74, 6) is 3.87. The lowest BCUT2D eigenvalue weighted by molar-refractivity contribution is -0.00847. The van der Waals surface area contributed by atoms with Gasteiger partial charge < -0.3 is 10.3 Å². The van der Waals surface area contributed by atoms with Crippen molar-refractivity contribution in [3.63, 3.8) is 0 Å². The molecule has 98 valence electrons. The van der Waals surface area contributed by atoms with E-state index in [9.17, 15) is 0 Å². The Morgan fingerprint density at radius 1 is 1.17 bits per heavy atom. The molecule has 4 saturated carbocycles. The van der Waals surface area contributed by atoms with E-state index in [1.165, 1.54) is 44.2 Å². The van der Waals surface area contributed by atoms with Crippen LogP contribution < -0.4 is 5.73 Å². The van der Waals surface area contributed by atoms with Crippen molar-refractivity contribution in [2.24, 2.45) is 23.5 Å². The molecule has 0 saturated heterocycles. The molecule has 1 heterocycles. The quantitative estimate of drug-likeness (QED) is 0.892. The Balaban J connectivity index is 1.66. The second-order valence-electron chi connectivity index (χ2n) is 6.92. The van der Waals surface area contributed by atoms with Gasteiger partial charge in [-0.3, -0.25) is 0 Å². The van der Waals surface area contributed by atoms with Crippen LogP contribution in [0.25, 0.3) is 0 Å². The van der Waals surface area contributed by atoms with Gasteiger partial charge in [-0.1, -0.05) is 5.16 Å². The summed E-state index contributed by atoms with van der Waals surface area (Å²) in [5, 5.41) is 4.39. The number of hydrogen-bond acceptors (Lipinski definition) is 3. The average molecular weight is 246 g/mol. The van der Waals surface area contributed by atoms with Crippen LogP contribution >= 0.6 is 0 Å². The van der Waals surface area contributed by atoms with Crippen molar-refractivity contribution < 1.29 is 4.52 Å². The molecule has 3 nitrogen and oxygen atoms in total. The SMILES string of the molecule is NCCc1cc(C23CC4CC(CC(C4)C2)C3)no1. The van der Waals surface area contributed by atoms with Crippen molar-refractivity contribution in [2.45, 2.75) is 50.4 Å². The van der Waals surface area contributed by atoms with Gasteiger partial charge in [-0.25, -0.2) is 0 Å². The van der Waals surface area contributed by atoms with E-state index in [0.29, 0.717) is 12.0 Å². The zero-order valence-corrected chi connectivity index (χ0v) is 10.9. The average Bonchev–Trinajstić information content (AvgIpc) is 2.77. The Morgan fingerprint density at radius 2 is 1.78 bits per heavy atom. The summed E-state index contributed by atoms with van der Waals surface area (Å²) in [6.07, 6.45) is 9.32. The molecule has 2 N–H and O–H groups in total. The maximum Gasteiger partial charge on any atom is 0.138 e. The second kappa shape index (κ2) is 3.83. The van der Waals surface area contributed by atoms with Crippen LogP contribution in [0.4, 0.5) is 0 Å². The molecule has 0 atom stereocenters. The summed E-state index contributed by atoms with van der Waals surface area (Å²) >= 11 is 0. The third-order valence-corrected chi connectivity index (χ3v) is 5.53. The minimum absolute atomic E-state index is 0.366. The van der Waals surface area contributed by atoms with Gasteiger partial charge in [0.15, 0.2) is 0 Å². The summed E-state index contributed by atoms with van der Waals surface area (Å²) < 4.78 is 5.46. The fourth-order valence-corrected chi connectivity index (χ4v) is 5.25. The molecule has 4 bridgehead atoms. The second-order valence-corrected chi connectivity index (χ2v) is 6.92. The molecule has 0 unspecified atom stereocenters. The Labute approximate surface area is 108 Å². The van der Waals surface area contributed by atoms with Crippen molar-refractivity contribution in [2.75, 3.05) is 6.54 Å². The first-order valence-corrected chi connectivity index (χ1v) is 7.43. The van der Waals surface area contributed by atoms with E-state index in [1.807, 2.05) is 0 Å². The van der Waals surface area contributed by atoms with Gasteiger partial charge in [0, 0.05) is 17.9 Å². The molecule has 18 heavy (non-hydrogen) atoms. The molecule has 1 aromatic rings. The third-order valence-electron chi connectivity index (χ3n) is 5.53. The van der Waals surface area contributed by atoms with Gasteiger partial charge in [0.25, 0.3) is 0 Å². The number of hydrogen-bond donors (Lipinski definition) is 1. The highest BCUT2D eigenvalue weighted by Gasteiger charge is 2.52. The molecule has 3 heteroatoms. The molecule has 5 rings (SSSR count). The maximum absolute atomic E-state index is 5.59. The molecular weight excluding hydrogens is 224 g/mol. The van der Waals surface area contributed by atoms with E-state index in [2.05, 4.69) is 11.2 Å². The monoisotopic (exact) mass is 246 g/mol. The van der Waals surface area contributed by atoms with E-state index in [-0.39, 0.29) is 0 Å². The van der Waals surface area contributed by atoms with Gasteiger partial charge in [-0.15, -0.1) is 0 Å². The van der Waals surface area contributed by atoms with E-state index >= 15 is 0 Å². The van der Waals surface area contributed by atoms with Gasteiger partial charge in [0.1, 0.15) is 5.76 Å². The lowest BCUT2D eigenvalue weighted by Gasteiger charge is -2.56. The normalized spacial score (nSPS) is 41.5. The fourth-order valence-electron chi connectivity index (χ4n) is 5.25. The van der Waals surface area contributed by atoms with Crippen LogP contribution in [0, 0.1) is 17.8 Å². The summed E-state index contributed by atoms with van der Waals surface area (Å²) in [4.78, 5) is 0. The summed E-state index contributed by atoms with van der Waals surface area (Å²) in [5.41, 5.74) is 7.20. The van der Waals surface area contributed by atoms with Crippen molar-refractivity contribution >= 4 is 0 Å². The number of nitrogens with two attached hydrogens (primary N) is 1. The van der Waals surface area contributed by atoms with E-state index in [0.717, 1.165) is 29.9 Å². The van der Waals surface area contributed by atoms with Crippen molar-refractivity contribution in [3.05, 3.63) is 17.5 Å². The molecule has 1 aromatic heterocycles. The van der Waals surface area contributed by atoms with Crippen LogP contribution in [0.2, 0.25) is 0 Å². The van der Waals surface area contributed by atoms with Crippen LogP contribution in [0.15, 0.2) is 10.6 Å². The Bertz CT molecular complexity index is 416. The van der Waals surface area contributed by atoms with Gasteiger partial charge in [0.05, 0.1) is 5.69 Å². The predicted octanol–water partition coefficient (Wildman–Crippen LogP) is 2.64. The molecule has 4 aliphatic rings. The third kappa shape index (κ3) is 1.56. The minimum Gasteiger partial charge on any atom is -0.361 e. The molecule has 0 amide bonds. The maximum atomic E-state index is 5.59. The van der Waals surface area contributed by atoms with Gasteiger partial charge in [0.2, 0.25) is 0 Å². The van der Waals surface area contributed by atoms with Crippen molar-refractivity contribution in [1.82, 2.24) is 5.16 Å². The number of nitrogens with zero attached hydrogens (tertiary/aromatic N) is 1. The highest BCUT2D eigenvalue weighted by molar-refractivity contribution is 5.23. The molecule has 0 aliphatic heterocycles. The zero-order valence-electron chi connectivity index (χ0n) is 10.9. The topological polar surface area (TPSA) is 52.0 Å². The van der Waals surface area contributed by atoms with Crippen LogP contribution in [-0.4, -0.2) is 11.7 Å². The van der Waals surface area contributed by atoms with Crippen molar-refractivity contribution in [3.8, 4) is 0 Å². The first-order chi connectivity index (χ1) is 8.77. The highest BCUT2D eigenvalue weighted by atomic mass is 16.5. The first-order valence-electron chi connectivity index (χ1n) is 7.43. The largest absolute Gasteiger partial charge is 0.361 e. The summed E-state index contributed by atoms with van der Waals surface area (Å²) in [6, 6.07) is 2.19. The van der Waals surface area contributed by atoms with E-state index in [4.69, 9.17) is 10.3 Å². The summed E-state index contributed by atoms with van der Waals surface area (Å²) in [6.45, 7) is 0.648. The Morgan fingerprint density at radius 3 is 2.33 bits per heavy atom. The lowest BCUT2D eigenvalue weighted by Crippen LogP contribution is -2.48. The first kappa shape index (κ1) is 11.0. The molecule has 4 fully saturated rings. The lowest BCUT2D eigenvalue weighted by atomic mass is 9.49. The van der Waals surface area contributed by atoms with Gasteiger partial charge in [-0.05, 0) is 62.8 Å². The predicted molar refractivity (Wildman–Crippen MR) is 69.1 cm³/mol. The summed E-state index contributed by atoms with van der Waals surface area (Å²) in [7, 11) is 0. The molecular formula is C15H22N2O. The smallest absolute Gasteiger partial charge is 0.138 e. The standard InChI is InChI=1S/C15H22N2O/c16-2-1-13-6-14(17-18-13)15-7-10-3-11(8-15)5-12(4-10)9-15/h6,10-12H,1-5,7-9,16H2. The van der Waals surface area contributed by atoms with Crippen molar-refractivity contribution in [1.29, 1.82) is 0 Å². The van der Waals surface area contributed by atoms with Gasteiger partial charge in [-0.2, -0.15) is 0 Å². The number of aromatic nitrogens is 1. The Kier molecular flexibility index (Phi) is 2.35. The molecule has 0 radical (unpaired) electrons.